The van der Waals surface area contributed by atoms with Gasteiger partial charge in [-0.15, -0.1) is 0 Å². The average Bonchev–Trinajstić information content (AvgIpc) is 2.69. The number of benzene rings is 1. The molecule has 4 nitrogen and oxygen atoms in total. The lowest BCUT2D eigenvalue weighted by Crippen LogP contribution is -2.30. The minimum atomic E-state index is 0.494. The lowest BCUT2D eigenvalue weighted by atomic mass is 10.0. The molecule has 0 aliphatic carbocycles. The molecule has 1 aliphatic rings. The number of hydrogen-bond acceptors (Lipinski definition) is 4. The van der Waals surface area contributed by atoms with E-state index >= 15 is 0 Å². The first-order valence-corrected chi connectivity index (χ1v) is 11.1. The van der Waals surface area contributed by atoms with E-state index in [1.54, 1.807) is 0 Å². The van der Waals surface area contributed by atoms with E-state index in [-0.39, 0.29) is 0 Å². The van der Waals surface area contributed by atoms with Gasteiger partial charge in [-0.2, -0.15) is 4.98 Å². The molecule has 5 heteroatoms. The number of anilines is 3. The van der Waals surface area contributed by atoms with E-state index in [0.717, 1.165) is 59.2 Å². The Balaban J connectivity index is 1.93. The van der Waals surface area contributed by atoms with E-state index in [2.05, 4.69) is 90.3 Å². The highest BCUT2D eigenvalue weighted by Crippen LogP contribution is 2.34. The van der Waals surface area contributed by atoms with Gasteiger partial charge in [0.2, 0.25) is 5.95 Å². The Morgan fingerprint density at radius 1 is 1.28 bits per heavy atom. The highest BCUT2D eigenvalue weighted by Gasteiger charge is 2.19. The number of aryl methyl sites for hydroxylation is 1. The van der Waals surface area contributed by atoms with Crippen LogP contribution in [0.3, 0.4) is 0 Å². The Morgan fingerprint density at radius 3 is 2.59 bits per heavy atom. The quantitative estimate of drug-likeness (QED) is 0.495. The Labute approximate surface area is 183 Å². The molecule has 0 atom stereocenters. The summed E-state index contributed by atoms with van der Waals surface area (Å²) in [4.78, 5) is 14.2. The molecular weight excluding hydrogens is 424 g/mol. The normalized spacial score (nSPS) is 14.2. The third-order valence-electron chi connectivity index (χ3n) is 5.40. The predicted octanol–water partition coefficient (Wildman–Crippen LogP) is 6.54. The molecule has 2 aromatic rings. The monoisotopic (exact) mass is 454 g/mol. The summed E-state index contributed by atoms with van der Waals surface area (Å²) in [6, 6.07) is 8.64. The summed E-state index contributed by atoms with van der Waals surface area (Å²) in [7, 11) is 0. The Hall–Kier alpha value is -2.14. The van der Waals surface area contributed by atoms with E-state index in [9.17, 15) is 0 Å². The highest BCUT2D eigenvalue weighted by molar-refractivity contribution is 9.10. The fourth-order valence-electron chi connectivity index (χ4n) is 3.60. The van der Waals surface area contributed by atoms with Crippen molar-refractivity contribution in [3.63, 3.8) is 0 Å². The molecule has 0 bridgehead atoms. The van der Waals surface area contributed by atoms with Crippen LogP contribution >= 0.6 is 15.9 Å². The van der Waals surface area contributed by atoms with Crippen molar-refractivity contribution in [1.82, 2.24) is 9.97 Å². The van der Waals surface area contributed by atoms with Crippen LogP contribution in [-0.2, 0) is 0 Å². The van der Waals surface area contributed by atoms with Crippen LogP contribution in [0.4, 0.5) is 17.5 Å². The molecule has 0 fully saturated rings. The van der Waals surface area contributed by atoms with E-state index in [0.29, 0.717) is 5.92 Å². The van der Waals surface area contributed by atoms with Crippen LogP contribution in [0.1, 0.15) is 51.3 Å². The van der Waals surface area contributed by atoms with Gasteiger partial charge in [0.25, 0.3) is 0 Å². The molecule has 0 saturated carbocycles. The Morgan fingerprint density at radius 2 is 2.03 bits per heavy atom. The zero-order valence-corrected chi connectivity index (χ0v) is 19.8. The van der Waals surface area contributed by atoms with Crippen molar-refractivity contribution >= 4 is 33.4 Å². The molecule has 1 aliphatic heterocycles. The maximum atomic E-state index is 4.94. The minimum absolute atomic E-state index is 0.494. The summed E-state index contributed by atoms with van der Waals surface area (Å²) < 4.78 is 1.07. The molecule has 0 spiro atoms. The fourth-order valence-corrected chi connectivity index (χ4v) is 4.22. The van der Waals surface area contributed by atoms with E-state index < -0.39 is 0 Å². The zero-order chi connectivity index (χ0) is 21.1. The summed E-state index contributed by atoms with van der Waals surface area (Å²) in [6.45, 7) is 17.4. The van der Waals surface area contributed by atoms with Gasteiger partial charge in [-0.25, -0.2) is 4.98 Å². The van der Waals surface area contributed by atoms with Crippen LogP contribution in [0.2, 0.25) is 0 Å². The molecule has 0 saturated heterocycles. The Bertz CT molecular complexity index is 932. The van der Waals surface area contributed by atoms with Crippen molar-refractivity contribution in [2.45, 2.75) is 47.0 Å². The van der Waals surface area contributed by atoms with Gasteiger partial charge in [0.05, 0.1) is 5.69 Å². The summed E-state index contributed by atoms with van der Waals surface area (Å²) >= 11 is 3.76. The molecule has 3 rings (SSSR count). The lowest BCUT2D eigenvalue weighted by molar-refractivity contribution is 0.773. The number of nitrogens with zero attached hydrogens (tertiary/aromatic N) is 4. The average molecular weight is 455 g/mol. The van der Waals surface area contributed by atoms with Gasteiger partial charge in [-0.05, 0) is 72.3 Å². The molecule has 1 aromatic heterocycles. The molecular formula is C24H31BrN4. The third-order valence-corrected chi connectivity index (χ3v) is 6.03. The van der Waals surface area contributed by atoms with Gasteiger partial charge in [0.1, 0.15) is 5.82 Å². The van der Waals surface area contributed by atoms with E-state index in [1.165, 1.54) is 11.1 Å². The van der Waals surface area contributed by atoms with Gasteiger partial charge >= 0.3 is 0 Å². The first-order chi connectivity index (χ1) is 13.8. The maximum Gasteiger partial charge on any atom is 0.232 e. The molecule has 0 unspecified atom stereocenters. The molecule has 0 amide bonds. The van der Waals surface area contributed by atoms with Gasteiger partial charge in [-0.1, -0.05) is 38.1 Å². The highest BCUT2D eigenvalue weighted by atomic mass is 79.9. The van der Waals surface area contributed by atoms with Crippen molar-refractivity contribution in [2.75, 3.05) is 29.4 Å². The largest absolute Gasteiger partial charge is 0.352 e. The van der Waals surface area contributed by atoms with Crippen LogP contribution in [0.5, 0.6) is 0 Å². The van der Waals surface area contributed by atoms with Gasteiger partial charge in [0.15, 0.2) is 0 Å². The third kappa shape index (κ3) is 4.89. The van der Waals surface area contributed by atoms with Crippen molar-refractivity contribution in [3.05, 3.63) is 63.8 Å². The van der Waals surface area contributed by atoms with E-state index in [4.69, 9.17) is 9.97 Å². The van der Waals surface area contributed by atoms with Crippen molar-refractivity contribution in [3.8, 4) is 0 Å². The number of rotatable bonds is 6. The summed E-state index contributed by atoms with van der Waals surface area (Å²) in [5, 5.41) is 0. The molecule has 154 valence electrons. The lowest BCUT2D eigenvalue weighted by Gasteiger charge is -2.29. The van der Waals surface area contributed by atoms with Crippen LogP contribution in [-0.4, -0.2) is 29.6 Å². The van der Waals surface area contributed by atoms with Crippen LogP contribution in [0.15, 0.2) is 52.5 Å². The smallest absolute Gasteiger partial charge is 0.232 e. The van der Waals surface area contributed by atoms with Crippen molar-refractivity contribution < 1.29 is 0 Å². The number of halogens is 1. The van der Waals surface area contributed by atoms with Crippen LogP contribution in [0.25, 0.3) is 0 Å². The minimum Gasteiger partial charge on any atom is -0.352 e. The molecule has 0 N–H and O–H groups in total. The van der Waals surface area contributed by atoms with Gasteiger partial charge in [-0.3, -0.25) is 0 Å². The van der Waals surface area contributed by atoms with Gasteiger partial charge in [0, 0.05) is 35.9 Å². The van der Waals surface area contributed by atoms with Crippen LogP contribution in [0, 0.1) is 6.92 Å². The summed E-state index contributed by atoms with van der Waals surface area (Å²) in [6.07, 6.45) is 3.27. The topological polar surface area (TPSA) is 32.3 Å². The second kappa shape index (κ2) is 9.12. The molecule has 29 heavy (non-hydrogen) atoms. The Kier molecular flexibility index (Phi) is 6.78. The first-order valence-electron chi connectivity index (χ1n) is 10.3. The van der Waals surface area contributed by atoms with Crippen molar-refractivity contribution in [1.29, 1.82) is 0 Å². The number of hydrogen-bond donors (Lipinski definition) is 0. The van der Waals surface area contributed by atoms with Crippen molar-refractivity contribution in [2.24, 2.45) is 0 Å². The number of aromatic nitrogens is 2. The predicted molar refractivity (Wildman–Crippen MR) is 127 cm³/mol. The second-order valence-electron chi connectivity index (χ2n) is 7.98. The van der Waals surface area contributed by atoms with E-state index in [1.807, 2.05) is 6.92 Å². The molecule has 1 aromatic carbocycles. The zero-order valence-electron chi connectivity index (χ0n) is 18.2. The fraction of sp³-hybridized carbons (Fsp3) is 0.417. The van der Waals surface area contributed by atoms with Crippen LogP contribution < -0.4 is 9.80 Å². The summed E-state index contributed by atoms with van der Waals surface area (Å²) in [5.41, 5.74) is 5.91. The molecule has 2 heterocycles. The standard InChI is InChI=1S/C24H31BrN4/c1-7-29(22-9-8-20(17(4)5)15-21(22)25)24-26-18(6)14-23(27-24)28-12-10-19(11-13-28)16(2)3/h8-10,14-15,17H,2,7,11-13H2,1,3-6H3. The number of allylic oxidation sites excluding steroid dienone is 1. The summed E-state index contributed by atoms with van der Waals surface area (Å²) in [5.74, 6) is 2.22. The maximum absolute atomic E-state index is 4.94. The SMILES string of the molecule is C=C(C)C1=CCN(c2cc(C)nc(N(CC)c3ccc(C(C)C)cc3Br)n2)CC1. The first kappa shape index (κ1) is 21.6. The second-order valence-corrected chi connectivity index (χ2v) is 8.84. The van der Waals surface area contributed by atoms with Gasteiger partial charge < -0.3 is 9.80 Å². The molecule has 0 radical (unpaired) electrons.